The maximum Gasteiger partial charge on any atom is 0.224 e. The molecule has 0 unspecified atom stereocenters. The van der Waals surface area contributed by atoms with E-state index in [4.69, 9.17) is 9.47 Å². The van der Waals surface area contributed by atoms with Crippen LogP contribution < -0.4 is 20.1 Å². The summed E-state index contributed by atoms with van der Waals surface area (Å²) in [6.07, 6.45) is 4.75. The van der Waals surface area contributed by atoms with Crippen LogP contribution in [-0.2, 0) is 6.54 Å². The monoisotopic (exact) mass is 402 g/mol. The number of guanidine groups is 1. The third-order valence-electron chi connectivity index (χ3n) is 3.72. The maximum atomic E-state index is 6.08. The van der Waals surface area contributed by atoms with E-state index in [0.717, 1.165) is 42.5 Å². The molecule has 2 aromatic rings. The molecule has 6 nitrogen and oxygen atoms in total. The van der Waals surface area contributed by atoms with Gasteiger partial charge in [-0.15, -0.1) is 0 Å². The number of ether oxygens (including phenoxy) is 2. The second kappa shape index (κ2) is 12.9. The molecule has 0 atom stereocenters. The van der Waals surface area contributed by atoms with Crippen molar-refractivity contribution in [1.82, 2.24) is 15.6 Å². The van der Waals surface area contributed by atoms with Crippen LogP contribution in [0.3, 0.4) is 0 Å². The van der Waals surface area contributed by atoms with Crippen LogP contribution in [-0.4, -0.2) is 42.6 Å². The van der Waals surface area contributed by atoms with E-state index in [0.29, 0.717) is 24.8 Å². The molecule has 2 N–H and O–H groups in total. The number of aromatic nitrogens is 1. The zero-order valence-electron chi connectivity index (χ0n) is 16.9. The largest absolute Gasteiger partial charge is 0.490 e. The molecule has 0 aliphatic carbocycles. The molecule has 0 aliphatic rings. The molecule has 0 amide bonds. The first-order chi connectivity index (χ1) is 13.8. The Hall–Kier alpha value is -2.41. The van der Waals surface area contributed by atoms with Crippen LogP contribution >= 0.6 is 11.8 Å². The molecule has 1 aromatic heterocycles. The summed E-state index contributed by atoms with van der Waals surface area (Å²) in [4.78, 5) is 9.07. The standard InChI is InChI=1S/C21H30N4O2S/c1-4-14-26-18-10-6-7-11-19(18)27-20-17(9-8-12-23-20)16-25-21(22-5-2)24-13-15-28-3/h6-12H,4-5,13-16H2,1-3H3,(H2,22,24,25). The summed E-state index contributed by atoms with van der Waals surface area (Å²) >= 11 is 1.80. The van der Waals surface area contributed by atoms with Crippen LogP contribution in [0.25, 0.3) is 0 Å². The summed E-state index contributed by atoms with van der Waals surface area (Å²) in [5.74, 6) is 3.73. The van der Waals surface area contributed by atoms with Crippen molar-refractivity contribution >= 4 is 17.7 Å². The summed E-state index contributed by atoms with van der Waals surface area (Å²) in [6, 6.07) is 11.5. The summed E-state index contributed by atoms with van der Waals surface area (Å²) in [5.41, 5.74) is 0.912. The number of rotatable bonds is 11. The summed E-state index contributed by atoms with van der Waals surface area (Å²) in [6.45, 7) is 6.92. The van der Waals surface area contributed by atoms with Gasteiger partial charge in [0.05, 0.1) is 13.2 Å². The molecule has 7 heteroatoms. The Kier molecular flexibility index (Phi) is 10.1. The van der Waals surface area contributed by atoms with Crippen LogP contribution in [0.2, 0.25) is 0 Å². The minimum absolute atomic E-state index is 0.468. The lowest BCUT2D eigenvalue weighted by Gasteiger charge is -2.14. The van der Waals surface area contributed by atoms with E-state index in [1.807, 2.05) is 36.4 Å². The molecule has 0 saturated heterocycles. The first kappa shape index (κ1) is 21.9. The number of nitrogens with zero attached hydrogens (tertiary/aromatic N) is 2. The highest BCUT2D eigenvalue weighted by atomic mass is 32.2. The summed E-state index contributed by atoms with van der Waals surface area (Å²) < 4.78 is 11.9. The maximum absolute atomic E-state index is 6.08. The minimum Gasteiger partial charge on any atom is -0.490 e. The predicted molar refractivity (Wildman–Crippen MR) is 118 cm³/mol. The first-order valence-electron chi connectivity index (χ1n) is 9.63. The molecule has 2 rings (SSSR count). The highest BCUT2D eigenvalue weighted by molar-refractivity contribution is 7.98. The normalized spacial score (nSPS) is 11.2. The number of hydrogen-bond donors (Lipinski definition) is 2. The molecule has 0 saturated carbocycles. The Morgan fingerprint density at radius 2 is 1.93 bits per heavy atom. The van der Waals surface area contributed by atoms with Crippen LogP contribution in [0.4, 0.5) is 0 Å². The number of thioether (sulfide) groups is 1. The fourth-order valence-corrected chi connectivity index (χ4v) is 2.69. The smallest absolute Gasteiger partial charge is 0.224 e. The zero-order chi connectivity index (χ0) is 20.0. The third-order valence-corrected chi connectivity index (χ3v) is 4.33. The lowest BCUT2D eigenvalue weighted by atomic mass is 10.2. The molecular formula is C21H30N4O2S. The second-order valence-corrected chi connectivity index (χ2v) is 6.97. The van der Waals surface area contributed by atoms with Crippen molar-refractivity contribution in [3.8, 4) is 17.4 Å². The number of benzene rings is 1. The summed E-state index contributed by atoms with van der Waals surface area (Å²) in [5, 5.41) is 6.59. The van der Waals surface area contributed by atoms with Crippen molar-refractivity contribution in [3.63, 3.8) is 0 Å². The lowest BCUT2D eigenvalue weighted by Crippen LogP contribution is -2.38. The van der Waals surface area contributed by atoms with E-state index in [1.54, 1.807) is 18.0 Å². The average Bonchev–Trinajstić information content (AvgIpc) is 2.72. The fourth-order valence-electron chi connectivity index (χ4n) is 2.38. The Morgan fingerprint density at radius 1 is 1.11 bits per heavy atom. The number of aliphatic imine (C=N–C) groups is 1. The molecule has 0 fully saturated rings. The Labute approximate surface area is 172 Å². The van der Waals surface area contributed by atoms with Gasteiger partial charge in [0.15, 0.2) is 17.5 Å². The van der Waals surface area contributed by atoms with Gasteiger partial charge in [-0.2, -0.15) is 11.8 Å². The third kappa shape index (κ3) is 7.31. The van der Waals surface area contributed by atoms with E-state index in [1.165, 1.54) is 0 Å². The van der Waals surface area contributed by atoms with Gasteiger partial charge in [-0.3, -0.25) is 0 Å². The van der Waals surface area contributed by atoms with Crippen LogP contribution in [0, 0.1) is 0 Å². The van der Waals surface area contributed by atoms with Crippen molar-refractivity contribution in [2.24, 2.45) is 4.99 Å². The molecule has 0 radical (unpaired) electrons. The van der Waals surface area contributed by atoms with Crippen molar-refractivity contribution in [2.45, 2.75) is 26.8 Å². The van der Waals surface area contributed by atoms with Gasteiger partial charge in [0.1, 0.15) is 0 Å². The van der Waals surface area contributed by atoms with Gasteiger partial charge in [0, 0.05) is 30.6 Å². The molecule has 0 spiro atoms. The van der Waals surface area contributed by atoms with Gasteiger partial charge in [-0.1, -0.05) is 25.1 Å². The zero-order valence-corrected chi connectivity index (χ0v) is 17.7. The van der Waals surface area contributed by atoms with Crippen LogP contribution in [0.5, 0.6) is 17.4 Å². The first-order valence-corrected chi connectivity index (χ1v) is 11.0. The molecule has 28 heavy (non-hydrogen) atoms. The van der Waals surface area contributed by atoms with Gasteiger partial charge in [0.25, 0.3) is 0 Å². The van der Waals surface area contributed by atoms with E-state index in [9.17, 15) is 0 Å². The van der Waals surface area contributed by atoms with Gasteiger partial charge in [-0.25, -0.2) is 9.98 Å². The SMILES string of the molecule is CCCOc1ccccc1Oc1ncccc1CN=C(NCC)NCCSC. The van der Waals surface area contributed by atoms with Gasteiger partial charge < -0.3 is 20.1 Å². The molecule has 1 heterocycles. The molecule has 1 aromatic carbocycles. The van der Waals surface area contributed by atoms with E-state index in [-0.39, 0.29) is 0 Å². The van der Waals surface area contributed by atoms with Crippen molar-refractivity contribution in [3.05, 3.63) is 48.2 Å². The second-order valence-electron chi connectivity index (χ2n) is 5.98. The van der Waals surface area contributed by atoms with Gasteiger partial charge >= 0.3 is 0 Å². The quantitative estimate of drug-likeness (QED) is 0.335. The van der Waals surface area contributed by atoms with Crippen molar-refractivity contribution in [1.29, 1.82) is 0 Å². The summed E-state index contributed by atoms with van der Waals surface area (Å²) in [7, 11) is 0. The van der Waals surface area contributed by atoms with E-state index < -0.39 is 0 Å². The fraction of sp³-hybridized carbons (Fsp3) is 0.429. The van der Waals surface area contributed by atoms with E-state index >= 15 is 0 Å². The van der Waals surface area contributed by atoms with Crippen molar-refractivity contribution in [2.75, 3.05) is 31.7 Å². The van der Waals surface area contributed by atoms with Gasteiger partial charge in [0.2, 0.25) is 5.88 Å². The van der Waals surface area contributed by atoms with E-state index in [2.05, 4.69) is 40.7 Å². The predicted octanol–water partition coefficient (Wildman–Crippen LogP) is 4.08. The lowest BCUT2D eigenvalue weighted by molar-refractivity contribution is 0.300. The number of pyridine rings is 1. The van der Waals surface area contributed by atoms with Gasteiger partial charge in [-0.05, 0) is 37.8 Å². The van der Waals surface area contributed by atoms with Crippen LogP contribution in [0.1, 0.15) is 25.8 Å². The minimum atomic E-state index is 0.468. The highest BCUT2D eigenvalue weighted by Crippen LogP contribution is 2.32. The number of hydrogen-bond acceptors (Lipinski definition) is 5. The molecule has 152 valence electrons. The number of nitrogens with one attached hydrogen (secondary N) is 2. The van der Waals surface area contributed by atoms with Crippen molar-refractivity contribution < 1.29 is 9.47 Å². The molecule has 0 aliphatic heterocycles. The van der Waals surface area contributed by atoms with Crippen LogP contribution in [0.15, 0.2) is 47.6 Å². The average molecular weight is 403 g/mol. The Morgan fingerprint density at radius 3 is 2.68 bits per heavy atom. The highest BCUT2D eigenvalue weighted by Gasteiger charge is 2.10. The molecule has 0 bridgehead atoms. The topological polar surface area (TPSA) is 67.8 Å². The molecular weight excluding hydrogens is 372 g/mol. The Bertz CT molecular complexity index is 740. The number of para-hydroxylation sites is 2. The Balaban J connectivity index is 2.13.